The van der Waals surface area contributed by atoms with Crippen molar-refractivity contribution in [1.29, 1.82) is 0 Å². The minimum absolute atomic E-state index is 0.152. The van der Waals surface area contributed by atoms with Gasteiger partial charge in [-0.1, -0.05) is 13.8 Å². The van der Waals surface area contributed by atoms with E-state index in [2.05, 4.69) is 37.9 Å². The minimum Gasteiger partial charge on any atom is -0.304 e. The Morgan fingerprint density at radius 2 is 2.22 bits per heavy atom. The standard InChI is InChI=1S/C12H15BrN4O/c1-3-7-17-9(5-6-14-17)11-15-8(4-2)10(13)12(18)16-11/h5-6H,3-4,7H2,1-2H3,(H,15,16,18). The first-order valence-electron chi connectivity index (χ1n) is 5.98. The number of aryl methyl sites for hydroxylation is 2. The largest absolute Gasteiger partial charge is 0.304 e. The first-order valence-corrected chi connectivity index (χ1v) is 6.77. The third-order valence-electron chi connectivity index (χ3n) is 2.66. The van der Waals surface area contributed by atoms with Gasteiger partial charge in [0, 0.05) is 12.7 Å². The van der Waals surface area contributed by atoms with E-state index < -0.39 is 0 Å². The number of hydrogen-bond acceptors (Lipinski definition) is 3. The highest BCUT2D eigenvalue weighted by atomic mass is 79.9. The van der Waals surface area contributed by atoms with Crippen molar-refractivity contribution in [2.24, 2.45) is 0 Å². The molecule has 0 aliphatic rings. The predicted molar refractivity (Wildman–Crippen MR) is 73.4 cm³/mol. The molecular formula is C12H15BrN4O. The summed E-state index contributed by atoms with van der Waals surface area (Å²) in [4.78, 5) is 19.1. The molecule has 2 aromatic heterocycles. The number of H-pyrrole nitrogens is 1. The van der Waals surface area contributed by atoms with E-state index in [1.54, 1.807) is 6.20 Å². The predicted octanol–water partition coefficient (Wildman–Crippen LogP) is 2.37. The summed E-state index contributed by atoms with van der Waals surface area (Å²) in [5.41, 5.74) is 1.45. The Morgan fingerprint density at radius 3 is 2.89 bits per heavy atom. The topological polar surface area (TPSA) is 63.6 Å². The molecule has 18 heavy (non-hydrogen) atoms. The summed E-state index contributed by atoms with van der Waals surface area (Å²) in [6, 6.07) is 1.86. The van der Waals surface area contributed by atoms with Crippen LogP contribution >= 0.6 is 15.9 Å². The van der Waals surface area contributed by atoms with Crippen LogP contribution in [0.3, 0.4) is 0 Å². The van der Waals surface area contributed by atoms with Crippen molar-refractivity contribution >= 4 is 15.9 Å². The second-order valence-corrected chi connectivity index (χ2v) is 4.76. The summed E-state index contributed by atoms with van der Waals surface area (Å²) in [6.45, 7) is 4.86. The molecule has 2 rings (SSSR count). The minimum atomic E-state index is -0.152. The number of nitrogens with one attached hydrogen (secondary N) is 1. The fourth-order valence-corrected chi connectivity index (χ4v) is 2.25. The van der Waals surface area contributed by atoms with Crippen LogP contribution in [-0.4, -0.2) is 19.7 Å². The molecule has 5 nitrogen and oxygen atoms in total. The van der Waals surface area contributed by atoms with E-state index in [0.717, 1.165) is 24.4 Å². The van der Waals surface area contributed by atoms with E-state index in [-0.39, 0.29) is 5.56 Å². The molecule has 0 unspecified atom stereocenters. The highest BCUT2D eigenvalue weighted by Gasteiger charge is 2.12. The first kappa shape index (κ1) is 13.0. The van der Waals surface area contributed by atoms with Crippen molar-refractivity contribution < 1.29 is 0 Å². The fourth-order valence-electron chi connectivity index (χ4n) is 1.78. The lowest BCUT2D eigenvalue weighted by Gasteiger charge is -2.07. The normalized spacial score (nSPS) is 10.8. The fraction of sp³-hybridized carbons (Fsp3) is 0.417. The second-order valence-electron chi connectivity index (χ2n) is 3.97. The molecule has 0 bridgehead atoms. The van der Waals surface area contributed by atoms with Crippen molar-refractivity contribution in [2.75, 3.05) is 0 Å². The van der Waals surface area contributed by atoms with Crippen molar-refractivity contribution in [1.82, 2.24) is 19.7 Å². The van der Waals surface area contributed by atoms with E-state index in [1.165, 1.54) is 0 Å². The van der Waals surface area contributed by atoms with Crippen LogP contribution in [0.15, 0.2) is 21.5 Å². The van der Waals surface area contributed by atoms with E-state index in [9.17, 15) is 4.79 Å². The Hall–Kier alpha value is -1.43. The van der Waals surface area contributed by atoms with Crippen LogP contribution in [0.1, 0.15) is 26.0 Å². The lowest BCUT2D eigenvalue weighted by molar-refractivity contribution is 0.606. The molecule has 0 fully saturated rings. The molecule has 96 valence electrons. The zero-order valence-electron chi connectivity index (χ0n) is 10.4. The lowest BCUT2D eigenvalue weighted by atomic mass is 10.3. The highest BCUT2D eigenvalue weighted by molar-refractivity contribution is 9.10. The average Bonchev–Trinajstić information content (AvgIpc) is 2.81. The van der Waals surface area contributed by atoms with E-state index in [4.69, 9.17) is 0 Å². The molecule has 1 N–H and O–H groups in total. The van der Waals surface area contributed by atoms with Crippen LogP contribution in [-0.2, 0) is 13.0 Å². The Morgan fingerprint density at radius 1 is 1.44 bits per heavy atom. The summed E-state index contributed by atoms with van der Waals surface area (Å²) < 4.78 is 2.36. The average molecular weight is 311 g/mol. The molecule has 0 saturated heterocycles. The van der Waals surface area contributed by atoms with Crippen molar-refractivity contribution in [3.8, 4) is 11.5 Å². The smallest absolute Gasteiger partial charge is 0.265 e. The Bertz CT molecular complexity index is 602. The third-order valence-corrected chi connectivity index (χ3v) is 3.48. The van der Waals surface area contributed by atoms with Crippen molar-refractivity contribution in [3.05, 3.63) is 32.8 Å². The van der Waals surface area contributed by atoms with Gasteiger partial charge in [0.05, 0.1) is 5.69 Å². The van der Waals surface area contributed by atoms with Gasteiger partial charge in [0.15, 0.2) is 5.82 Å². The second kappa shape index (κ2) is 5.48. The van der Waals surface area contributed by atoms with Crippen LogP contribution in [0.25, 0.3) is 11.5 Å². The number of nitrogens with zero attached hydrogens (tertiary/aromatic N) is 3. The summed E-state index contributed by atoms with van der Waals surface area (Å²) >= 11 is 3.26. The quantitative estimate of drug-likeness (QED) is 0.943. The van der Waals surface area contributed by atoms with Gasteiger partial charge in [0.25, 0.3) is 5.56 Å². The van der Waals surface area contributed by atoms with Crippen LogP contribution in [0.2, 0.25) is 0 Å². The number of aromatic nitrogens is 4. The molecule has 0 aliphatic carbocycles. The number of hydrogen-bond donors (Lipinski definition) is 1. The molecule has 0 atom stereocenters. The lowest BCUT2D eigenvalue weighted by Crippen LogP contribution is -2.15. The van der Waals surface area contributed by atoms with Gasteiger partial charge in [-0.2, -0.15) is 5.10 Å². The van der Waals surface area contributed by atoms with E-state index in [0.29, 0.717) is 16.7 Å². The Labute approximate surface area is 113 Å². The molecule has 0 amide bonds. The van der Waals surface area contributed by atoms with Crippen LogP contribution in [0.5, 0.6) is 0 Å². The van der Waals surface area contributed by atoms with E-state index >= 15 is 0 Å². The molecule has 6 heteroatoms. The van der Waals surface area contributed by atoms with E-state index in [1.807, 2.05) is 17.7 Å². The maximum Gasteiger partial charge on any atom is 0.265 e. The Kier molecular flexibility index (Phi) is 3.96. The zero-order chi connectivity index (χ0) is 13.1. The van der Waals surface area contributed by atoms with Crippen LogP contribution in [0.4, 0.5) is 0 Å². The molecule has 0 spiro atoms. The van der Waals surface area contributed by atoms with Gasteiger partial charge in [-0.3, -0.25) is 9.48 Å². The summed E-state index contributed by atoms with van der Waals surface area (Å²) in [6.07, 6.45) is 3.41. The molecule has 0 saturated carbocycles. The molecular weight excluding hydrogens is 296 g/mol. The molecule has 2 aromatic rings. The molecule has 0 radical (unpaired) electrons. The molecule has 2 heterocycles. The summed E-state index contributed by atoms with van der Waals surface area (Å²) in [7, 11) is 0. The maximum atomic E-state index is 11.8. The van der Waals surface area contributed by atoms with Gasteiger partial charge in [0.1, 0.15) is 10.2 Å². The van der Waals surface area contributed by atoms with Crippen LogP contribution in [0, 0.1) is 0 Å². The van der Waals surface area contributed by atoms with Gasteiger partial charge < -0.3 is 4.98 Å². The highest BCUT2D eigenvalue weighted by Crippen LogP contribution is 2.17. The zero-order valence-corrected chi connectivity index (χ0v) is 12.0. The Balaban J connectivity index is 2.54. The van der Waals surface area contributed by atoms with Gasteiger partial charge >= 0.3 is 0 Å². The maximum absolute atomic E-state index is 11.8. The number of halogens is 1. The molecule has 0 aromatic carbocycles. The molecule has 0 aliphatic heterocycles. The number of aromatic amines is 1. The SMILES string of the molecule is CCCn1nccc1-c1nc(CC)c(Br)c(=O)[nH]1. The summed E-state index contributed by atoms with van der Waals surface area (Å²) in [5, 5.41) is 4.23. The van der Waals surface area contributed by atoms with Crippen LogP contribution < -0.4 is 5.56 Å². The van der Waals surface area contributed by atoms with Crippen molar-refractivity contribution in [3.63, 3.8) is 0 Å². The van der Waals surface area contributed by atoms with Crippen molar-refractivity contribution in [2.45, 2.75) is 33.2 Å². The van der Waals surface area contributed by atoms with Gasteiger partial charge in [-0.25, -0.2) is 4.98 Å². The number of rotatable bonds is 4. The summed E-state index contributed by atoms with van der Waals surface area (Å²) in [5.74, 6) is 0.575. The van der Waals surface area contributed by atoms with Gasteiger partial charge in [0.2, 0.25) is 0 Å². The first-order chi connectivity index (χ1) is 8.67. The monoisotopic (exact) mass is 310 g/mol. The third kappa shape index (κ3) is 2.38. The van der Waals surface area contributed by atoms with Gasteiger partial charge in [-0.15, -0.1) is 0 Å². The van der Waals surface area contributed by atoms with Gasteiger partial charge in [-0.05, 0) is 34.8 Å².